The minimum Gasteiger partial charge on any atom is -0.370 e. The highest BCUT2D eigenvalue weighted by atomic mass is 16.5. The summed E-state index contributed by atoms with van der Waals surface area (Å²) in [6.07, 6.45) is 5.04. The summed E-state index contributed by atoms with van der Waals surface area (Å²) in [6.45, 7) is 3.13. The number of fused-ring (bicyclic) bond motifs is 1. The largest absolute Gasteiger partial charge is 0.370 e. The molecule has 0 N–H and O–H groups in total. The van der Waals surface area contributed by atoms with Gasteiger partial charge < -0.3 is 4.74 Å². The predicted molar refractivity (Wildman–Crippen MR) is 56.4 cm³/mol. The van der Waals surface area contributed by atoms with Crippen molar-refractivity contribution >= 4 is 0 Å². The lowest BCUT2D eigenvalue weighted by Gasteiger charge is -2.39. The molecule has 1 unspecified atom stereocenters. The lowest BCUT2D eigenvalue weighted by atomic mass is 9.87. The van der Waals surface area contributed by atoms with E-state index in [-0.39, 0.29) is 5.60 Å². The van der Waals surface area contributed by atoms with Crippen LogP contribution in [0.2, 0.25) is 0 Å². The van der Waals surface area contributed by atoms with Gasteiger partial charge in [0.15, 0.2) is 0 Å². The summed E-state index contributed by atoms with van der Waals surface area (Å²) >= 11 is 0. The van der Waals surface area contributed by atoms with E-state index in [2.05, 4.69) is 25.1 Å². The molecular weight excluding hydrogens is 172 g/mol. The van der Waals surface area contributed by atoms with Crippen LogP contribution in [0.1, 0.15) is 36.5 Å². The van der Waals surface area contributed by atoms with Crippen molar-refractivity contribution < 1.29 is 4.74 Å². The Bertz CT molecular complexity index is 363. The summed E-state index contributed by atoms with van der Waals surface area (Å²) in [4.78, 5) is 0. The van der Waals surface area contributed by atoms with Crippen molar-refractivity contribution in [3.05, 3.63) is 34.9 Å². The molecule has 1 fully saturated rings. The zero-order valence-electron chi connectivity index (χ0n) is 8.68. The van der Waals surface area contributed by atoms with Crippen molar-refractivity contribution in [2.24, 2.45) is 0 Å². The SMILES string of the molecule is CC1(c2ccc3c(c2)CCC3)CCO1. The molecule has 2 aliphatic rings. The second kappa shape index (κ2) is 2.83. The Morgan fingerprint density at radius 3 is 2.71 bits per heavy atom. The molecule has 14 heavy (non-hydrogen) atoms. The molecule has 1 aromatic rings. The average Bonchev–Trinajstić information content (AvgIpc) is 2.60. The van der Waals surface area contributed by atoms with Crippen LogP contribution < -0.4 is 0 Å². The Morgan fingerprint density at radius 1 is 1.21 bits per heavy atom. The van der Waals surface area contributed by atoms with Gasteiger partial charge in [-0.05, 0) is 42.9 Å². The number of ether oxygens (including phenoxy) is 1. The second-order valence-electron chi connectivity index (χ2n) is 4.67. The molecule has 1 heteroatoms. The summed E-state index contributed by atoms with van der Waals surface area (Å²) in [6, 6.07) is 6.91. The quantitative estimate of drug-likeness (QED) is 0.658. The van der Waals surface area contributed by atoms with Crippen LogP contribution in [0.25, 0.3) is 0 Å². The maximum atomic E-state index is 5.66. The highest BCUT2D eigenvalue weighted by molar-refractivity contribution is 5.38. The van der Waals surface area contributed by atoms with E-state index in [0.29, 0.717) is 0 Å². The average molecular weight is 188 g/mol. The third-order valence-corrected chi connectivity index (χ3v) is 3.71. The molecule has 74 valence electrons. The van der Waals surface area contributed by atoms with Gasteiger partial charge in [-0.25, -0.2) is 0 Å². The molecule has 1 aromatic carbocycles. The first-order valence-electron chi connectivity index (χ1n) is 5.54. The standard InChI is InChI=1S/C13H16O/c1-13(7-8-14-13)12-6-5-10-3-2-4-11(10)9-12/h5-6,9H,2-4,7-8H2,1H3. The first-order valence-corrected chi connectivity index (χ1v) is 5.54. The van der Waals surface area contributed by atoms with Crippen LogP contribution in [0.3, 0.4) is 0 Å². The van der Waals surface area contributed by atoms with Gasteiger partial charge in [0.1, 0.15) is 0 Å². The third kappa shape index (κ3) is 1.12. The molecule has 1 heterocycles. The fourth-order valence-electron chi connectivity index (χ4n) is 2.54. The topological polar surface area (TPSA) is 9.23 Å². The van der Waals surface area contributed by atoms with Crippen molar-refractivity contribution in [1.82, 2.24) is 0 Å². The van der Waals surface area contributed by atoms with Gasteiger partial charge in [0.05, 0.1) is 12.2 Å². The van der Waals surface area contributed by atoms with Crippen LogP contribution in [0.4, 0.5) is 0 Å². The molecule has 1 atom stereocenters. The monoisotopic (exact) mass is 188 g/mol. The van der Waals surface area contributed by atoms with E-state index in [1.165, 1.54) is 31.2 Å². The Hall–Kier alpha value is -0.820. The molecule has 1 aliphatic carbocycles. The minimum absolute atomic E-state index is 0.0254. The van der Waals surface area contributed by atoms with E-state index in [1.54, 1.807) is 11.1 Å². The number of rotatable bonds is 1. The molecule has 1 aliphatic heterocycles. The van der Waals surface area contributed by atoms with E-state index < -0.39 is 0 Å². The molecule has 1 saturated heterocycles. The maximum absolute atomic E-state index is 5.66. The normalized spacial score (nSPS) is 29.8. The zero-order valence-corrected chi connectivity index (χ0v) is 8.68. The Labute approximate surface area is 85.1 Å². The smallest absolute Gasteiger partial charge is 0.0925 e. The second-order valence-corrected chi connectivity index (χ2v) is 4.67. The van der Waals surface area contributed by atoms with Crippen LogP contribution in [0, 0.1) is 0 Å². The summed E-state index contributed by atoms with van der Waals surface area (Å²) in [7, 11) is 0. The van der Waals surface area contributed by atoms with Crippen LogP contribution in [-0.4, -0.2) is 6.61 Å². The number of hydrogen-bond donors (Lipinski definition) is 0. The van der Waals surface area contributed by atoms with Gasteiger partial charge in [-0.3, -0.25) is 0 Å². The minimum atomic E-state index is 0.0254. The number of hydrogen-bond acceptors (Lipinski definition) is 1. The van der Waals surface area contributed by atoms with Gasteiger partial charge in [0.25, 0.3) is 0 Å². The first-order chi connectivity index (χ1) is 6.78. The van der Waals surface area contributed by atoms with E-state index in [9.17, 15) is 0 Å². The number of aryl methyl sites for hydroxylation is 2. The lowest BCUT2D eigenvalue weighted by Crippen LogP contribution is -2.37. The van der Waals surface area contributed by atoms with Gasteiger partial charge >= 0.3 is 0 Å². The van der Waals surface area contributed by atoms with E-state index in [1.807, 2.05) is 0 Å². The first kappa shape index (κ1) is 8.49. The van der Waals surface area contributed by atoms with Crippen molar-refractivity contribution in [2.75, 3.05) is 6.61 Å². The summed E-state index contributed by atoms with van der Waals surface area (Å²) in [5.74, 6) is 0. The van der Waals surface area contributed by atoms with E-state index in [4.69, 9.17) is 4.74 Å². The molecular formula is C13H16O. The van der Waals surface area contributed by atoms with Gasteiger partial charge in [-0.2, -0.15) is 0 Å². The Morgan fingerprint density at radius 2 is 2.00 bits per heavy atom. The fraction of sp³-hybridized carbons (Fsp3) is 0.538. The molecule has 3 rings (SSSR count). The molecule has 0 aromatic heterocycles. The van der Waals surface area contributed by atoms with E-state index in [0.717, 1.165) is 6.61 Å². The van der Waals surface area contributed by atoms with Crippen molar-refractivity contribution in [1.29, 1.82) is 0 Å². The summed E-state index contributed by atoms with van der Waals surface area (Å²) in [5.41, 5.74) is 4.51. The molecule has 1 nitrogen and oxygen atoms in total. The van der Waals surface area contributed by atoms with Crippen molar-refractivity contribution in [3.63, 3.8) is 0 Å². The Balaban J connectivity index is 2.00. The molecule has 0 bridgehead atoms. The zero-order chi connectivity index (χ0) is 9.60. The van der Waals surface area contributed by atoms with Crippen LogP contribution in [-0.2, 0) is 23.2 Å². The van der Waals surface area contributed by atoms with Gasteiger partial charge in [-0.1, -0.05) is 18.2 Å². The Kier molecular flexibility index (Phi) is 1.72. The lowest BCUT2D eigenvalue weighted by molar-refractivity contribution is -0.140. The van der Waals surface area contributed by atoms with Gasteiger partial charge in [0.2, 0.25) is 0 Å². The van der Waals surface area contributed by atoms with Gasteiger partial charge in [0, 0.05) is 6.42 Å². The predicted octanol–water partition coefficient (Wildman–Crippen LogP) is 2.81. The fourth-order valence-corrected chi connectivity index (χ4v) is 2.54. The van der Waals surface area contributed by atoms with Gasteiger partial charge in [-0.15, -0.1) is 0 Å². The summed E-state index contributed by atoms with van der Waals surface area (Å²) in [5, 5.41) is 0. The van der Waals surface area contributed by atoms with Crippen LogP contribution in [0.5, 0.6) is 0 Å². The summed E-state index contributed by atoms with van der Waals surface area (Å²) < 4.78 is 5.66. The molecule has 0 spiro atoms. The number of benzene rings is 1. The molecule has 0 amide bonds. The molecule has 0 saturated carbocycles. The van der Waals surface area contributed by atoms with Crippen molar-refractivity contribution in [2.45, 2.75) is 38.2 Å². The molecule has 0 radical (unpaired) electrons. The highest BCUT2D eigenvalue weighted by Gasteiger charge is 2.35. The highest BCUT2D eigenvalue weighted by Crippen LogP contribution is 2.38. The maximum Gasteiger partial charge on any atom is 0.0925 e. The van der Waals surface area contributed by atoms with Crippen molar-refractivity contribution in [3.8, 4) is 0 Å². The van der Waals surface area contributed by atoms with Crippen LogP contribution in [0.15, 0.2) is 18.2 Å². The third-order valence-electron chi connectivity index (χ3n) is 3.71. The van der Waals surface area contributed by atoms with E-state index >= 15 is 0 Å². The van der Waals surface area contributed by atoms with Crippen LogP contribution >= 0.6 is 0 Å².